The molecule has 0 unspecified atom stereocenters. The number of halogens is 2. The second-order valence-corrected chi connectivity index (χ2v) is 13.9. The van der Waals surface area contributed by atoms with Crippen LogP contribution < -0.4 is 9.47 Å². The van der Waals surface area contributed by atoms with Gasteiger partial charge in [0.05, 0.1) is 20.3 Å². The summed E-state index contributed by atoms with van der Waals surface area (Å²) >= 11 is 7.29. The molecule has 46 heavy (non-hydrogen) atoms. The Balaban J connectivity index is 1.07. The SMILES string of the molecule is CN(C)CCOc1ccc(CCn2cc(CCCCCCc3cn(CCc4ccc(OCCN(C)C)c(Br)c4)nn3)nn2)cc1Br. The van der Waals surface area contributed by atoms with E-state index in [1.165, 1.54) is 24.0 Å². The fourth-order valence-corrected chi connectivity index (χ4v) is 5.97. The third-order valence-corrected chi connectivity index (χ3v) is 8.87. The van der Waals surface area contributed by atoms with E-state index in [0.29, 0.717) is 13.2 Å². The lowest BCUT2D eigenvalue weighted by atomic mass is 10.1. The average molecular weight is 761 g/mol. The molecule has 0 bridgehead atoms. The Morgan fingerprint density at radius 3 is 1.43 bits per heavy atom. The summed E-state index contributed by atoms with van der Waals surface area (Å²) in [4.78, 5) is 4.22. The van der Waals surface area contributed by atoms with Crippen LogP contribution in [-0.2, 0) is 38.8 Å². The van der Waals surface area contributed by atoms with Crippen molar-refractivity contribution < 1.29 is 9.47 Å². The Labute approximate surface area is 290 Å². The summed E-state index contributed by atoms with van der Waals surface area (Å²) in [6.07, 6.45) is 12.4. The number of benzene rings is 2. The first-order valence-electron chi connectivity index (χ1n) is 16.1. The summed E-state index contributed by atoms with van der Waals surface area (Å²) in [6.45, 7) is 4.71. The van der Waals surface area contributed by atoms with Crippen LogP contribution in [0, 0.1) is 0 Å². The molecule has 12 heteroatoms. The van der Waals surface area contributed by atoms with E-state index >= 15 is 0 Å². The van der Waals surface area contributed by atoms with Crippen LogP contribution in [0.15, 0.2) is 57.7 Å². The van der Waals surface area contributed by atoms with Crippen LogP contribution in [0.2, 0.25) is 0 Å². The smallest absolute Gasteiger partial charge is 0.133 e. The predicted octanol–water partition coefficient (Wildman–Crippen LogP) is 6.11. The molecule has 4 rings (SSSR count). The fourth-order valence-electron chi connectivity index (χ4n) is 4.89. The van der Waals surface area contributed by atoms with Crippen LogP contribution in [0.3, 0.4) is 0 Å². The van der Waals surface area contributed by atoms with Crippen molar-refractivity contribution in [2.75, 3.05) is 54.5 Å². The molecule has 0 saturated heterocycles. The van der Waals surface area contributed by atoms with Crippen molar-refractivity contribution in [1.82, 2.24) is 39.8 Å². The van der Waals surface area contributed by atoms with Crippen LogP contribution in [0.4, 0.5) is 0 Å². The Kier molecular flexibility index (Phi) is 15.0. The van der Waals surface area contributed by atoms with E-state index in [0.717, 1.165) is 96.5 Å². The number of hydrogen-bond donors (Lipinski definition) is 0. The van der Waals surface area contributed by atoms with Crippen molar-refractivity contribution in [3.63, 3.8) is 0 Å². The first-order valence-corrected chi connectivity index (χ1v) is 17.7. The van der Waals surface area contributed by atoms with E-state index in [-0.39, 0.29) is 0 Å². The minimum Gasteiger partial charge on any atom is -0.491 e. The second-order valence-electron chi connectivity index (χ2n) is 12.2. The summed E-state index contributed by atoms with van der Waals surface area (Å²) in [7, 11) is 8.17. The van der Waals surface area contributed by atoms with E-state index < -0.39 is 0 Å². The lowest BCUT2D eigenvalue weighted by Crippen LogP contribution is -2.19. The van der Waals surface area contributed by atoms with E-state index in [1.54, 1.807) is 0 Å². The van der Waals surface area contributed by atoms with Crippen molar-refractivity contribution in [3.8, 4) is 11.5 Å². The van der Waals surface area contributed by atoms with Crippen molar-refractivity contribution in [1.29, 1.82) is 0 Å². The number of nitrogens with zero attached hydrogens (tertiary/aromatic N) is 8. The Morgan fingerprint density at radius 2 is 1.04 bits per heavy atom. The maximum atomic E-state index is 5.87. The molecule has 10 nitrogen and oxygen atoms in total. The van der Waals surface area contributed by atoms with Gasteiger partial charge >= 0.3 is 0 Å². The first kappa shape index (κ1) is 36.0. The van der Waals surface area contributed by atoms with Crippen LogP contribution >= 0.6 is 31.9 Å². The van der Waals surface area contributed by atoms with Crippen molar-refractivity contribution in [2.24, 2.45) is 0 Å². The van der Waals surface area contributed by atoms with E-state index in [2.05, 4.69) is 98.9 Å². The van der Waals surface area contributed by atoms with E-state index in [1.807, 2.05) is 49.7 Å². The minimum absolute atomic E-state index is 0.667. The normalized spacial score (nSPS) is 11.6. The van der Waals surface area contributed by atoms with Gasteiger partial charge in [-0.15, -0.1) is 10.2 Å². The topological polar surface area (TPSA) is 86.4 Å². The molecule has 0 spiro atoms. The summed E-state index contributed by atoms with van der Waals surface area (Å²) in [5.41, 5.74) is 4.60. The predicted molar refractivity (Wildman–Crippen MR) is 190 cm³/mol. The molecule has 0 radical (unpaired) electrons. The number of hydrogen-bond acceptors (Lipinski definition) is 8. The van der Waals surface area contributed by atoms with Crippen LogP contribution in [0.5, 0.6) is 11.5 Å². The monoisotopic (exact) mass is 758 g/mol. The molecule has 0 aliphatic rings. The highest BCUT2D eigenvalue weighted by atomic mass is 79.9. The molecule has 2 aromatic carbocycles. The van der Waals surface area contributed by atoms with Gasteiger partial charge in [0.15, 0.2) is 0 Å². The number of aryl methyl sites for hydroxylation is 6. The fraction of sp³-hybridized carbons (Fsp3) is 0.529. The van der Waals surface area contributed by atoms with Gasteiger partial charge in [0.25, 0.3) is 0 Å². The van der Waals surface area contributed by atoms with Crippen LogP contribution in [0.1, 0.15) is 48.2 Å². The van der Waals surface area contributed by atoms with Gasteiger partial charge in [-0.1, -0.05) is 35.4 Å². The second kappa shape index (κ2) is 19.1. The maximum Gasteiger partial charge on any atom is 0.133 e. The first-order chi connectivity index (χ1) is 22.2. The third kappa shape index (κ3) is 12.8. The molecule has 0 saturated carbocycles. The number of rotatable bonds is 21. The van der Waals surface area contributed by atoms with E-state index in [4.69, 9.17) is 9.47 Å². The summed E-state index contributed by atoms with van der Waals surface area (Å²) in [6, 6.07) is 12.6. The molecule has 0 amide bonds. The summed E-state index contributed by atoms with van der Waals surface area (Å²) in [5.74, 6) is 1.76. The highest BCUT2D eigenvalue weighted by Crippen LogP contribution is 2.27. The zero-order valence-electron chi connectivity index (χ0n) is 27.7. The van der Waals surface area contributed by atoms with Gasteiger partial charge in [0.2, 0.25) is 0 Å². The Morgan fingerprint density at radius 1 is 0.609 bits per heavy atom. The molecule has 4 aromatic rings. The van der Waals surface area contributed by atoms with Crippen molar-refractivity contribution in [3.05, 3.63) is 80.3 Å². The van der Waals surface area contributed by atoms with Gasteiger partial charge in [-0.3, -0.25) is 9.36 Å². The van der Waals surface area contributed by atoms with E-state index in [9.17, 15) is 0 Å². The highest BCUT2D eigenvalue weighted by molar-refractivity contribution is 9.10. The van der Waals surface area contributed by atoms with Gasteiger partial charge in [-0.2, -0.15) is 0 Å². The average Bonchev–Trinajstić information content (AvgIpc) is 3.68. The highest BCUT2D eigenvalue weighted by Gasteiger charge is 2.08. The molecule has 2 heterocycles. The minimum atomic E-state index is 0.667. The number of likely N-dealkylation sites (N-methyl/N-ethyl adjacent to an activating group) is 2. The largest absolute Gasteiger partial charge is 0.491 e. The molecule has 0 N–H and O–H groups in total. The van der Waals surface area contributed by atoms with Gasteiger partial charge < -0.3 is 19.3 Å². The molecule has 0 aliphatic carbocycles. The zero-order chi connectivity index (χ0) is 32.7. The quantitative estimate of drug-likeness (QED) is 0.0943. The number of ether oxygens (including phenoxy) is 2. The summed E-state index contributed by atoms with van der Waals surface area (Å²) < 4.78 is 17.6. The number of aromatic nitrogens is 6. The van der Waals surface area contributed by atoms with Crippen molar-refractivity contribution >= 4 is 31.9 Å². The Hall–Kier alpha value is -2.80. The third-order valence-electron chi connectivity index (χ3n) is 7.63. The molecule has 2 aromatic heterocycles. The van der Waals surface area contributed by atoms with Gasteiger partial charge in [-0.05, 0) is 134 Å². The number of unbranched alkanes of at least 4 members (excludes halogenated alkanes) is 3. The summed E-state index contributed by atoms with van der Waals surface area (Å²) in [5, 5.41) is 17.5. The van der Waals surface area contributed by atoms with Crippen LogP contribution in [-0.4, -0.2) is 94.3 Å². The lowest BCUT2D eigenvalue weighted by Gasteiger charge is -2.13. The van der Waals surface area contributed by atoms with Gasteiger partial charge in [0.1, 0.15) is 24.7 Å². The Bertz CT molecular complexity index is 1360. The van der Waals surface area contributed by atoms with Gasteiger partial charge in [-0.25, -0.2) is 0 Å². The molecular weight excluding hydrogens is 712 g/mol. The van der Waals surface area contributed by atoms with Crippen molar-refractivity contribution in [2.45, 2.75) is 64.5 Å². The molecular formula is C34H48Br2N8O2. The van der Waals surface area contributed by atoms with Crippen LogP contribution in [0.25, 0.3) is 0 Å². The molecule has 250 valence electrons. The molecule has 0 fully saturated rings. The molecule has 0 atom stereocenters. The lowest BCUT2D eigenvalue weighted by molar-refractivity contribution is 0.260. The van der Waals surface area contributed by atoms with Gasteiger partial charge in [0, 0.05) is 38.6 Å². The molecule has 0 aliphatic heterocycles. The maximum absolute atomic E-state index is 5.87. The standard InChI is InChI=1S/C34H48Br2N8O2/c1-41(2)19-21-45-33-13-11-27(23-31(33)35)15-17-43-25-29(37-39-43)9-7-5-6-8-10-30-26-44(40-38-30)18-16-28-12-14-34(32(36)24-28)46-22-20-42(3)4/h11-14,23-26H,5-10,15-22H2,1-4H3. The zero-order valence-corrected chi connectivity index (χ0v) is 30.8.